The number of nitrogens with one attached hydrogen (secondary N) is 1. The predicted octanol–water partition coefficient (Wildman–Crippen LogP) is 21.0. The molecule has 406 valence electrons. The molecule has 2 atom stereocenters. The van der Waals surface area contributed by atoms with E-state index < -0.39 is 12.1 Å². The highest BCUT2D eigenvalue weighted by atomic mass is 16.3. The van der Waals surface area contributed by atoms with Gasteiger partial charge in [0.1, 0.15) is 0 Å². The summed E-state index contributed by atoms with van der Waals surface area (Å²) in [7, 11) is 0. The number of carbonyl (C=O) groups is 1. The van der Waals surface area contributed by atoms with E-state index in [0.29, 0.717) is 6.42 Å². The zero-order valence-corrected chi connectivity index (χ0v) is 46.8. The van der Waals surface area contributed by atoms with Gasteiger partial charge in [-0.25, -0.2) is 0 Å². The van der Waals surface area contributed by atoms with Crippen LogP contribution in [0.25, 0.3) is 0 Å². The number of aliphatic hydroxyl groups excluding tert-OH is 2. The van der Waals surface area contributed by atoms with Crippen molar-refractivity contribution in [2.75, 3.05) is 6.61 Å². The summed E-state index contributed by atoms with van der Waals surface area (Å²) >= 11 is 0. The Bertz CT molecular complexity index is 1090. The van der Waals surface area contributed by atoms with Gasteiger partial charge >= 0.3 is 0 Å². The Morgan fingerprint density at radius 2 is 0.609 bits per heavy atom. The normalized spacial score (nSPS) is 13.0. The Morgan fingerprint density at radius 3 is 0.928 bits per heavy atom. The first kappa shape index (κ1) is 67.3. The Labute approximate surface area is 433 Å². The van der Waals surface area contributed by atoms with E-state index in [0.717, 1.165) is 38.5 Å². The lowest BCUT2D eigenvalue weighted by Crippen LogP contribution is -2.45. The monoisotopic (exact) mass is 966 g/mol. The quantitative estimate of drug-likeness (QED) is 0.0420. The predicted molar refractivity (Wildman–Crippen MR) is 308 cm³/mol. The molecule has 4 nitrogen and oxygen atoms in total. The molecule has 2 unspecified atom stereocenters. The average Bonchev–Trinajstić information content (AvgIpc) is 3.35. The minimum atomic E-state index is -0.864. The third kappa shape index (κ3) is 57.1. The average molecular weight is 967 g/mol. The molecule has 0 spiro atoms. The molecule has 0 aromatic carbocycles. The number of amides is 1. The summed E-state index contributed by atoms with van der Waals surface area (Å²) in [4.78, 5) is 12.5. The molecule has 4 heteroatoms. The molecular weight excluding hydrogens is 843 g/mol. The fraction of sp³-hybridized carbons (Fsp3) is 0.862. The molecule has 0 rings (SSSR count). The summed E-state index contributed by atoms with van der Waals surface area (Å²) in [5.41, 5.74) is 0. The van der Waals surface area contributed by atoms with Crippen molar-refractivity contribution in [2.45, 2.75) is 353 Å². The summed E-state index contributed by atoms with van der Waals surface area (Å²) in [6.07, 6.45) is 84.5. The van der Waals surface area contributed by atoms with Crippen molar-refractivity contribution in [1.29, 1.82) is 0 Å². The lowest BCUT2D eigenvalue weighted by molar-refractivity contribution is -0.123. The molecule has 0 aliphatic heterocycles. The first-order valence-electron chi connectivity index (χ1n) is 31.4. The van der Waals surface area contributed by atoms with Gasteiger partial charge in [0.2, 0.25) is 5.91 Å². The zero-order chi connectivity index (χ0) is 49.9. The second kappa shape index (κ2) is 60.7. The van der Waals surface area contributed by atoms with Crippen molar-refractivity contribution >= 4 is 5.91 Å². The molecule has 1 amide bonds. The van der Waals surface area contributed by atoms with Crippen LogP contribution in [0.2, 0.25) is 0 Å². The van der Waals surface area contributed by atoms with Gasteiger partial charge in [-0.15, -0.1) is 0 Å². The van der Waals surface area contributed by atoms with Gasteiger partial charge in [-0.3, -0.25) is 4.79 Å². The van der Waals surface area contributed by atoms with Crippen molar-refractivity contribution in [1.82, 2.24) is 5.32 Å². The highest BCUT2D eigenvalue weighted by Gasteiger charge is 2.18. The van der Waals surface area contributed by atoms with Gasteiger partial charge < -0.3 is 15.5 Å². The minimum absolute atomic E-state index is 0.0688. The number of unbranched alkanes of at least 4 members (excludes halogenated alkanes) is 45. The number of rotatable bonds is 58. The lowest BCUT2D eigenvalue weighted by atomic mass is 10.0. The molecule has 0 heterocycles. The molecule has 0 aliphatic rings. The first-order chi connectivity index (χ1) is 34.2. The van der Waals surface area contributed by atoms with Crippen molar-refractivity contribution in [3.8, 4) is 0 Å². The number of allylic oxidation sites excluding steroid dienone is 7. The van der Waals surface area contributed by atoms with Gasteiger partial charge in [0.05, 0.1) is 18.8 Å². The molecule has 0 radical (unpaired) electrons. The molecule has 0 fully saturated rings. The molecule has 3 N–H and O–H groups in total. The first-order valence-corrected chi connectivity index (χ1v) is 31.4. The Balaban J connectivity index is 3.49. The van der Waals surface area contributed by atoms with Crippen LogP contribution in [0.5, 0.6) is 0 Å². The molecular formula is C65H123NO3. The molecule has 0 aromatic heterocycles. The molecule has 0 bridgehead atoms. The molecule has 0 aromatic rings. The van der Waals surface area contributed by atoms with Crippen LogP contribution in [0.4, 0.5) is 0 Å². The van der Waals surface area contributed by atoms with Gasteiger partial charge in [-0.2, -0.15) is 0 Å². The van der Waals surface area contributed by atoms with Gasteiger partial charge in [0, 0.05) is 6.42 Å². The van der Waals surface area contributed by atoms with E-state index in [4.69, 9.17) is 0 Å². The van der Waals surface area contributed by atoms with Crippen molar-refractivity contribution in [3.63, 3.8) is 0 Å². The van der Waals surface area contributed by atoms with Crippen LogP contribution in [0, 0.1) is 0 Å². The largest absolute Gasteiger partial charge is 0.394 e. The highest BCUT2D eigenvalue weighted by Crippen LogP contribution is 2.18. The number of aliphatic hydroxyl groups is 2. The van der Waals surface area contributed by atoms with Crippen molar-refractivity contribution in [3.05, 3.63) is 48.6 Å². The smallest absolute Gasteiger partial charge is 0.220 e. The van der Waals surface area contributed by atoms with E-state index in [-0.39, 0.29) is 12.5 Å². The Hall–Kier alpha value is -1.65. The Kier molecular flexibility index (Phi) is 59.2. The van der Waals surface area contributed by atoms with Crippen LogP contribution in [0.15, 0.2) is 48.6 Å². The van der Waals surface area contributed by atoms with Crippen LogP contribution in [-0.2, 0) is 4.79 Å². The van der Waals surface area contributed by atoms with Crippen LogP contribution >= 0.6 is 0 Å². The fourth-order valence-corrected chi connectivity index (χ4v) is 9.76. The topological polar surface area (TPSA) is 69.6 Å². The summed E-state index contributed by atoms with van der Waals surface area (Å²) in [6, 6.07) is -0.640. The maximum absolute atomic E-state index is 12.5. The SMILES string of the molecule is CCCCCCC/C=C\C/C=C\CCCCCCCCCCCCCCCCCCCC(=O)NC(CO)C(O)/C=C/CC/C=C/CCCCCCCCCCCCCCCCCCCCCCCC. The van der Waals surface area contributed by atoms with E-state index >= 15 is 0 Å². The van der Waals surface area contributed by atoms with E-state index in [1.54, 1.807) is 6.08 Å². The van der Waals surface area contributed by atoms with Gasteiger partial charge in [0.25, 0.3) is 0 Å². The van der Waals surface area contributed by atoms with Gasteiger partial charge in [0.15, 0.2) is 0 Å². The van der Waals surface area contributed by atoms with Crippen LogP contribution < -0.4 is 5.32 Å². The zero-order valence-electron chi connectivity index (χ0n) is 46.8. The highest BCUT2D eigenvalue weighted by molar-refractivity contribution is 5.76. The van der Waals surface area contributed by atoms with E-state index in [1.165, 1.54) is 283 Å². The second-order valence-electron chi connectivity index (χ2n) is 21.5. The van der Waals surface area contributed by atoms with Crippen molar-refractivity contribution in [2.24, 2.45) is 0 Å². The number of hydrogen-bond acceptors (Lipinski definition) is 3. The van der Waals surface area contributed by atoms with Crippen LogP contribution in [-0.4, -0.2) is 34.9 Å². The molecule has 0 saturated carbocycles. The van der Waals surface area contributed by atoms with Gasteiger partial charge in [-0.05, 0) is 64.2 Å². The van der Waals surface area contributed by atoms with Crippen molar-refractivity contribution < 1.29 is 15.0 Å². The second-order valence-corrected chi connectivity index (χ2v) is 21.5. The molecule has 0 saturated heterocycles. The number of hydrogen-bond donors (Lipinski definition) is 3. The third-order valence-corrected chi connectivity index (χ3v) is 14.5. The van der Waals surface area contributed by atoms with E-state index in [2.05, 4.69) is 55.6 Å². The summed E-state index contributed by atoms with van der Waals surface area (Å²) in [5, 5.41) is 23.2. The van der Waals surface area contributed by atoms with Crippen LogP contribution in [0.1, 0.15) is 341 Å². The third-order valence-electron chi connectivity index (χ3n) is 14.5. The maximum Gasteiger partial charge on any atom is 0.220 e. The Morgan fingerprint density at radius 1 is 0.348 bits per heavy atom. The fourth-order valence-electron chi connectivity index (χ4n) is 9.76. The maximum atomic E-state index is 12.5. The summed E-state index contributed by atoms with van der Waals surface area (Å²) < 4.78 is 0. The summed E-state index contributed by atoms with van der Waals surface area (Å²) in [6.45, 7) is 4.32. The standard InChI is InChI=1S/C65H123NO3/c1-3-5-7-9-11-13-15-17-19-21-23-25-27-29-31-33-35-37-39-41-43-45-47-49-51-53-55-57-59-61-65(69)66-63(62-67)64(68)60-58-56-54-52-50-48-46-44-42-40-38-36-34-32-30-28-26-24-22-20-18-16-14-12-10-8-6-4-2/h15,17,21,23,50,52,58,60,63-64,67-68H,3-14,16,18-20,22,24-49,51,53-57,59,61-62H2,1-2H3,(H,66,69)/b17-15-,23-21-,52-50+,60-58+. The van der Waals surface area contributed by atoms with Gasteiger partial charge in [-0.1, -0.05) is 319 Å². The molecule has 0 aliphatic carbocycles. The summed E-state index contributed by atoms with van der Waals surface area (Å²) in [5.74, 6) is -0.0688. The lowest BCUT2D eigenvalue weighted by Gasteiger charge is -2.19. The minimum Gasteiger partial charge on any atom is -0.394 e. The molecule has 69 heavy (non-hydrogen) atoms. The van der Waals surface area contributed by atoms with Crippen LogP contribution in [0.3, 0.4) is 0 Å². The van der Waals surface area contributed by atoms with E-state index in [9.17, 15) is 15.0 Å². The number of carbonyl (C=O) groups excluding carboxylic acids is 1. The van der Waals surface area contributed by atoms with E-state index in [1.807, 2.05) is 6.08 Å².